The highest BCUT2D eigenvalue weighted by Crippen LogP contribution is 2.28. The molecule has 0 atom stereocenters. The van der Waals surface area contributed by atoms with Crippen LogP contribution in [0.4, 0.5) is 11.4 Å². The van der Waals surface area contributed by atoms with Gasteiger partial charge in [-0.3, -0.25) is 5.43 Å². The van der Waals surface area contributed by atoms with Gasteiger partial charge in [-0.15, -0.1) is 0 Å². The third kappa shape index (κ3) is 3.85. The van der Waals surface area contributed by atoms with E-state index in [2.05, 4.69) is 27.4 Å². The summed E-state index contributed by atoms with van der Waals surface area (Å²) in [6, 6.07) is 8.97. The molecule has 0 saturated carbocycles. The number of anilines is 2. The maximum absolute atomic E-state index is 8.62. The normalized spacial score (nSPS) is 15.0. The predicted molar refractivity (Wildman–Crippen MR) is 83.4 cm³/mol. The zero-order valence-corrected chi connectivity index (χ0v) is 12.4. The lowest BCUT2D eigenvalue weighted by Gasteiger charge is -2.34. The lowest BCUT2D eigenvalue weighted by Crippen LogP contribution is -2.44. The Morgan fingerprint density at radius 3 is 2.48 bits per heavy atom. The zero-order valence-electron chi connectivity index (χ0n) is 11.7. The molecule has 0 bridgehead atoms. The molecule has 1 fully saturated rings. The third-order valence-corrected chi connectivity index (χ3v) is 3.63. The largest absolute Gasteiger partial charge is 0.369 e. The van der Waals surface area contributed by atoms with Crippen molar-refractivity contribution in [1.82, 2.24) is 4.90 Å². The Balaban J connectivity index is 2.10. The van der Waals surface area contributed by atoms with Crippen molar-refractivity contribution in [2.24, 2.45) is 5.10 Å². The van der Waals surface area contributed by atoms with Crippen LogP contribution < -0.4 is 10.3 Å². The van der Waals surface area contributed by atoms with Crippen LogP contribution in [0.1, 0.15) is 0 Å². The molecular weight excluding hydrogens is 288 g/mol. The van der Waals surface area contributed by atoms with Crippen LogP contribution in [0.3, 0.4) is 0 Å². The van der Waals surface area contributed by atoms with Gasteiger partial charge in [0.25, 0.3) is 0 Å². The van der Waals surface area contributed by atoms with Crippen molar-refractivity contribution in [3.63, 3.8) is 0 Å². The van der Waals surface area contributed by atoms with Gasteiger partial charge in [-0.05, 0) is 25.2 Å². The highest BCUT2D eigenvalue weighted by molar-refractivity contribution is 6.33. The van der Waals surface area contributed by atoms with Gasteiger partial charge in [0.15, 0.2) is 0 Å². The quantitative estimate of drug-likeness (QED) is 0.681. The van der Waals surface area contributed by atoms with Crippen molar-refractivity contribution < 1.29 is 0 Å². The van der Waals surface area contributed by atoms with Gasteiger partial charge in [0, 0.05) is 31.9 Å². The minimum Gasteiger partial charge on any atom is -0.369 e. The smallest absolute Gasteiger partial charge is 0.237 e. The monoisotopic (exact) mass is 302 g/mol. The second-order valence-corrected chi connectivity index (χ2v) is 5.16. The Morgan fingerprint density at radius 1 is 1.24 bits per heavy atom. The Morgan fingerprint density at radius 2 is 1.90 bits per heavy atom. The summed E-state index contributed by atoms with van der Waals surface area (Å²) in [6.07, 6.45) is 0. The molecule has 2 rings (SSSR count). The van der Waals surface area contributed by atoms with Crippen molar-refractivity contribution >= 4 is 28.7 Å². The molecule has 0 aliphatic carbocycles. The van der Waals surface area contributed by atoms with Gasteiger partial charge in [-0.25, -0.2) is 0 Å². The van der Waals surface area contributed by atoms with Crippen LogP contribution in [0.25, 0.3) is 0 Å². The Hall–Kier alpha value is -2.28. The zero-order chi connectivity index (χ0) is 15.2. The van der Waals surface area contributed by atoms with E-state index in [9.17, 15) is 0 Å². The number of hydrogen-bond acceptors (Lipinski definition) is 6. The maximum Gasteiger partial charge on any atom is 0.237 e. The number of piperazine rings is 1. The predicted octanol–water partition coefficient (Wildman–Crippen LogP) is 1.91. The molecule has 0 unspecified atom stereocenters. The Kier molecular flexibility index (Phi) is 4.99. The molecule has 0 aromatic heterocycles. The first kappa shape index (κ1) is 15.1. The third-order valence-electron chi connectivity index (χ3n) is 3.32. The molecule has 21 heavy (non-hydrogen) atoms. The van der Waals surface area contributed by atoms with E-state index in [4.69, 9.17) is 22.1 Å². The molecule has 1 aromatic carbocycles. The molecule has 1 aliphatic rings. The first-order chi connectivity index (χ1) is 10.1. The van der Waals surface area contributed by atoms with E-state index in [1.165, 1.54) is 0 Å². The van der Waals surface area contributed by atoms with E-state index < -0.39 is 0 Å². The number of rotatable bonds is 3. The van der Waals surface area contributed by atoms with Crippen LogP contribution in [0, 0.1) is 22.7 Å². The number of likely N-dealkylation sites (N-methyl/N-ethyl adjacent to an activating group) is 1. The number of nitrogens with zero attached hydrogens (tertiary/aromatic N) is 5. The average Bonchev–Trinajstić information content (AvgIpc) is 2.50. The van der Waals surface area contributed by atoms with Crippen LogP contribution in [0.15, 0.2) is 23.3 Å². The number of benzene rings is 1. The number of nitriles is 2. The van der Waals surface area contributed by atoms with Gasteiger partial charge >= 0.3 is 0 Å². The van der Waals surface area contributed by atoms with E-state index in [0.29, 0.717) is 10.7 Å². The van der Waals surface area contributed by atoms with E-state index in [1.54, 1.807) is 18.2 Å². The van der Waals surface area contributed by atoms with Gasteiger partial charge in [0.1, 0.15) is 12.1 Å². The molecule has 0 spiro atoms. The number of hydrogen-bond donors (Lipinski definition) is 1. The molecule has 6 nitrogen and oxygen atoms in total. The molecular formula is C14H15ClN6. The van der Waals surface area contributed by atoms with E-state index in [-0.39, 0.29) is 5.71 Å². The van der Waals surface area contributed by atoms with Crippen LogP contribution >= 0.6 is 11.6 Å². The first-order valence-corrected chi connectivity index (χ1v) is 6.89. The SMILES string of the molecule is CN1CCN(c2ccc(NN=C(C#N)C#N)c(Cl)c2)CC1. The van der Waals surface area contributed by atoms with Gasteiger partial charge in [-0.1, -0.05) is 11.6 Å². The van der Waals surface area contributed by atoms with E-state index in [0.717, 1.165) is 31.9 Å². The van der Waals surface area contributed by atoms with Gasteiger partial charge in [-0.2, -0.15) is 15.6 Å². The van der Waals surface area contributed by atoms with Crippen LogP contribution in [0.5, 0.6) is 0 Å². The van der Waals surface area contributed by atoms with Crippen LogP contribution in [-0.2, 0) is 0 Å². The van der Waals surface area contributed by atoms with Crippen LogP contribution in [0.2, 0.25) is 5.02 Å². The summed E-state index contributed by atoms with van der Waals surface area (Å²) in [5.74, 6) is 0. The van der Waals surface area contributed by atoms with Gasteiger partial charge < -0.3 is 9.80 Å². The molecule has 1 aromatic rings. The van der Waals surface area contributed by atoms with Crippen molar-refractivity contribution in [2.75, 3.05) is 43.6 Å². The molecule has 0 radical (unpaired) electrons. The van der Waals surface area contributed by atoms with Gasteiger partial charge in [0.2, 0.25) is 5.71 Å². The number of hydrazone groups is 1. The van der Waals surface area contributed by atoms with Gasteiger partial charge in [0.05, 0.1) is 10.7 Å². The molecule has 1 N–H and O–H groups in total. The number of halogens is 1. The molecule has 7 heteroatoms. The van der Waals surface area contributed by atoms with Crippen molar-refractivity contribution in [3.05, 3.63) is 23.2 Å². The van der Waals surface area contributed by atoms with Crippen molar-refractivity contribution in [1.29, 1.82) is 10.5 Å². The standard InChI is InChI=1S/C14H15ClN6/c1-20-4-6-21(7-5-20)12-2-3-14(13(15)8-12)19-18-11(9-16)10-17/h2-3,8,19H,4-7H2,1H3. The lowest BCUT2D eigenvalue weighted by atomic mass is 10.2. The second kappa shape index (κ2) is 6.94. The van der Waals surface area contributed by atoms with Crippen molar-refractivity contribution in [2.45, 2.75) is 0 Å². The summed E-state index contributed by atoms with van der Waals surface area (Å²) in [5, 5.41) is 21.4. The minimum absolute atomic E-state index is 0.241. The molecule has 108 valence electrons. The highest BCUT2D eigenvalue weighted by atomic mass is 35.5. The summed E-state index contributed by atoms with van der Waals surface area (Å²) in [6.45, 7) is 3.97. The topological polar surface area (TPSA) is 78.4 Å². The molecule has 1 aliphatic heterocycles. The Labute approximate surface area is 128 Å². The fourth-order valence-electron chi connectivity index (χ4n) is 2.05. The summed E-state index contributed by atoms with van der Waals surface area (Å²) in [5.41, 5.74) is 4.02. The highest BCUT2D eigenvalue weighted by Gasteiger charge is 2.15. The second-order valence-electron chi connectivity index (χ2n) is 4.75. The summed E-state index contributed by atoms with van der Waals surface area (Å²) < 4.78 is 0. The molecule has 1 saturated heterocycles. The summed E-state index contributed by atoms with van der Waals surface area (Å²) in [4.78, 5) is 4.56. The molecule has 1 heterocycles. The first-order valence-electron chi connectivity index (χ1n) is 6.51. The Bertz CT molecular complexity index is 603. The maximum atomic E-state index is 8.62. The number of nitrogens with one attached hydrogen (secondary N) is 1. The fourth-order valence-corrected chi connectivity index (χ4v) is 2.26. The van der Waals surface area contributed by atoms with Crippen molar-refractivity contribution in [3.8, 4) is 12.1 Å². The lowest BCUT2D eigenvalue weighted by molar-refractivity contribution is 0.313. The average molecular weight is 303 g/mol. The fraction of sp³-hybridized carbons (Fsp3) is 0.357. The summed E-state index contributed by atoms with van der Waals surface area (Å²) in [7, 11) is 2.11. The van der Waals surface area contributed by atoms with E-state index in [1.807, 2.05) is 12.1 Å². The molecule has 0 amide bonds. The minimum atomic E-state index is -0.241. The van der Waals surface area contributed by atoms with Crippen LogP contribution in [-0.4, -0.2) is 43.8 Å². The van der Waals surface area contributed by atoms with E-state index >= 15 is 0 Å². The summed E-state index contributed by atoms with van der Waals surface area (Å²) >= 11 is 6.21.